The van der Waals surface area contributed by atoms with Crippen LogP contribution in [0.4, 0.5) is 5.69 Å². The van der Waals surface area contributed by atoms with Gasteiger partial charge in [0, 0.05) is 5.69 Å². The molecule has 1 aliphatic heterocycles. The van der Waals surface area contributed by atoms with Gasteiger partial charge in [0.15, 0.2) is 5.78 Å². The number of rotatable bonds is 4. The molecular weight excluding hydrogens is 354 g/mol. The number of Topliss-reactive ketones (excluding diaryl/α,β-unsaturated/α-hetero) is 1. The van der Waals surface area contributed by atoms with Crippen molar-refractivity contribution in [1.82, 2.24) is 0 Å². The van der Waals surface area contributed by atoms with E-state index >= 15 is 0 Å². The lowest BCUT2D eigenvalue weighted by Crippen LogP contribution is -2.54. The normalized spacial score (nSPS) is 25.0. The third-order valence-electron chi connectivity index (χ3n) is 6.80. The summed E-state index contributed by atoms with van der Waals surface area (Å²) >= 11 is 0. The molecule has 2 heteroatoms. The Bertz CT molecular complexity index is 1120. The van der Waals surface area contributed by atoms with E-state index in [0.29, 0.717) is 6.42 Å². The maximum Gasteiger partial charge on any atom is 0.177 e. The van der Waals surface area contributed by atoms with Gasteiger partial charge in [-0.25, -0.2) is 0 Å². The maximum absolute atomic E-state index is 14.3. The molecule has 2 nitrogen and oxygen atoms in total. The second-order valence-corrected chi connectivity index (χ2v) is 8.00. The molecule has 1 heterocycles. The van der Waals surface area contributed by atoms with Gasteiger partial charge in [0.1, 0.15) is 5.54 Å². The first-order chi connectivity index (χ1) is 14.2. The van der Waals surface area contributed by atoms with Crippen molar-refractivity contribution < 1.29 is 4.79 Å². The zero-order valence-electron chi connectivity index (χ0n) is 16.9. The average molecular weight is 380 g/mol. The Morgan fingerprint density at radius 3 is 1.83 bits per heavy atom. The van der Waals surface area contributed by atoms with Crippen LogP contribution < -0.4 is 5.32 Å². The van der Waals surface area contributed by atoms with Gasteiger partial charge in [0.05, 0.1) is 5.41 Å². The molecule has 0 amide bonds. The van der Waals surface area contributed by atoms with Crippen LogP contribution >= 0.6 is 0 Å². The van der Waals surface area contributed by atoms with Crippen molar-refractivity contribution in [2.75, 3.05) is 5.32 Å². The van der Waals surface area contributed by atoms with Crippen molar-refractivity contribution in [1.29, 1.82) is 0 Å². The van der Waals surface area contributed by atoms with Crippen LogP contribution in [0.2, 0.25) is 0 Å². The van der Waals surface area contributed by atoms with Crippen molar-refractivity contribution in [2.24, 2.45) is 0 Å². The van der Waals surface area contributed by atoms with Crippen LogP contribution in [0.1, 0.15) is 43.4 Å². The quantitative estimate of drug-likeness (QED) is 0.593. The summed E-state index contributed by atoms with van der Waals surface area (Å²) in [7, 11) is 0. The van der Waals surface area contributed by atoms with Crippen molar-refractivity contribution in [3.8, 4) is 0 Å². The number of anilines is 1. The number of benzene rings is 3. The number of nitrogens with one attached hydrogen (secondary N) is 1. The Balaban J connectivity index is 1.96. The molecule has 3 aromatic rings. The third-order valence-corrected chi connectivity index (χ3v) is 6.80. The first-order valence-electron chi connectivity index (χ1n) is 10.5. The van der Waals surface area contributed by atoms with Crippen LogP contribution in [0.5, 0.6) is 0 Å². The molecule has 2 aliphatic rings. The number of fused-ring (bicyclic) bond motifs is 4. The van der Waals surface area contributed by atoms with E-state index in [0.717, 1.165) is 39.9 Å². The van der Waals surface area contributed by atoms with Crippen LogP contribution in [0.25, 0.3) is 11.1 Å². The largest absolute Gasteiger partial charge is 0.369 e. The van der Waals surface area contributed by atoms with E-state index in [2.05, 4.69) is 85.9 Å². The van der Waals surface area contributed by atoms with Gasteiger partial charge in [-0.05, 0) is 46.7 Å². The second kappa shape index (κ2) is 6.45. The van der Waals surface area contributed by atoms with Gasteiger partial charge in [-0.2, -0.15) is 0 Å². The molecule has 144 valence electrons. The maximum atomic E-state index is 14.3. The lowest BCUT2D eigenvalue weighted by atomic mass is 9.65. The molecule has 0 radical (unpaired) electrons. The van der Waals surface area contributed by atoms with Crippen molar-refractivity contribution in [2.45, 2.75) is 37.6 Å². The number of carbonyl (C=O) groups excluding carboxylic acids is 1. The minimum atomic E-state index is -0.711. The van der Waals surface area contributed by atoms with Crippen molar-refractivity contribution >= 4 is 22.6 Å². The molecular formula is C27H25NO. The van der Waals surface area contributed by atoms with E-state index in [-0.39, 0.29) is 5.78 Å². The predicted octanol–water partition coefficient (Wildman–Crippen LogP) is 6.10. The molecule has 3 aromatic carbocycles. The Labute approximate surface area is 172 Å². The first-order valence-corrected chi connectivity index (χ1v) is 10.5. The Morgan fingerprint density at radius 2 is 1.24 bits per heavy atom. The summed E-state index contributed by atoms with van der Waals surface area (Å²) in [5, 5.41) is 3.70. The van der Waals surface area contributed by atoms with Crippen molar-refractivity contribution in [3.05, 3.63) is 102 Å². The highest BCUT2D eigenvalue weighted by molar-refractivity contribution is 6.30. The van der Waals surface area contributed by atoms with Gasteiger partial charge in [-0.15, -0.1) is 0 Å². The number of hydrogen-bond donors (Lipinski definition) is 1. The van der Waals surface area contributed by atoms with Gasteiger partial charge in [0.2, 0.25) is 0 Å². The summed E-state index contributed by atoms with van der Waals surface area (Å²) in [5.74, 6) is 0.284. The monoisotopic (exact) mass is 379 g/mol. The number of para-hydroxylation sites is 1. The second-order valence-electron chi connectivity index (χ2n) is 8.00. The van der Waals surface area contributed by atoms with E-state index < -0.39 is 11.0 Å². The Kier molecular flexibility index (Phi) is 3.99. The summed E-state index contributed by atoms with van der Waals surface area (Å²) in [6.07, 6.45) is 1.45. The SMILES string of the molecule is CCC12Nc3ccccc3C(CC)(C1=O)C(c1ccccc1)=C2c1ccccc1. The zero-order valence-corrected chi connectivity index (χ0v) is 16.9. The van der Waals surface area contributed by atoms with Gasteiger partial charge in [-0.3, -0.25) is 4.79 Å². The van der Waals surface area contributed by atoms with E-state index in [1.807, 2.05) is 18.2 Å². The topological polar surface area (TPSA) is 29.1 Å². The van der Waals surface area contributed by atoms with Crippen LogP contribution in [-0.2, 0) is 10.2 Å². The molecule has 0 fully saturated rings. The van der Waals surface area contributed by atoms with E-state index in [1.54, 1.807) is 0 Å². The smallest absolute Gasteiger partial charge is 0.177 e. The van der Waals surface area contributed by atoms with Crippen LogP contribution in [0, 0.1) is 0 Å². The van der Waals surface area contributed by atoms with E-state index in [4.69, 9.17) is 0 Å². The molecule has 0 aromatic heterocycles. The van der Waals surface area contributed by atoms with Gasteiger partial charge < -0.3 is 5.32 Å². The summed E-state index contributed by atoms with van der Waals surface area (Å²) in [5.41, 5.74) is 5.39. The fraction of sp³-hybridized carbons (Fsp3) is 0.222. The fourth-order valence-electron chi connectivity index (χ4n) is 5.53. The van der Waals surface area contributed by atoms with Gasteiger partial charge in [0.25, 0.3) is 0 Å². The van der Waals surface area contributed by atoms with E-state index in [9.17, 15) is 4.79 Å². The van der Waals surface area contributed by atoms with Gasteiger partial charge in [-0.1, -0.05) is 92.7 Å². The van der Waals surface area contributed by atoms with Gasteiger partial charge >= 0.3 is 0 Å². The van der Waals surface area contributed by atoms with Crippen LogP contribution in [0.15, 0.2) is 84.9 Å². The van der Waals surface area contributed by atoms with Crippen LogP contribution in [0.3, 0.4) is 0 Å². The van der Waals surface area contributed by atoms with Crippen molar-refractivity contribution in [3.63, 3.8) is 0 Å². The third kappa shape index (κ3) is 2.20. The lowest BCUT2D eigenvalue weighted by Gasteiger charge is -2.42. The minimum absolute atomic E-state index is 0.284. The molecule has 2 unspecified atom stereocenters. The Morgan fingerprint density at radius 1 is 0.690 bits per heavy atom. The highest BCUT2D eigenvalue weighted by Crippen LogP contribution is 2.62. The highest BCUT2D eigenvalue weighted by Gasteiger charge is 2.64. The van der Waals surface area contributed by atoms with E-state index in [1.165, 1.54) is 0 Å². The molecule has 0 spiro atoms. The van der Waals surface area contributed by atoms with Crippen LogP contribution in [-0.4, -0.2) is 11.3 Å². The highest BCUT2D eigenvalue weighted by atomic mass is 16.1. The zero-order chi connectivity index (χ0) is 20.1. The lowest BCUT2D eigenvalue weighted by molar-refractivity contribution is -0.125. The average Bonchev–Trinajstić information content (AvgIpc) is 2.93. The molecule has 5 rings (SSSR count). The molecule has 2 atom stereocenters. The predicted molar refractivity (Wildman–Crippen MR) is 120 cm³/mol. The first kappa shape index (κ1) is 17.9. The molecule has 2 bridgehead atoms. The molecule has 1 aliphatic carbocycles. The summed E-state index contributed by atoms with van der Waals surface area (Å²) in [6.45, 7) is 4.27. The molecule has 0 saturated heterocycles. The number of ketones is 1. The number of hydrogen-bond acceptors (Lipinski definition) is 2. The number of carbonyl (C=O) groups is 1. The summed E-state index contributed by atoms with van der Waals surface area (Å²) in [6, 6.07) is 29.3. The minimum Gasteiger partial charge on any atom is -0.369 e. The standard InChI is InChI=1S/C27H25NO/c1-3-26-21-17-11-12-18-22(21)28-27(4-2,25(26)29)24(20-15-9-6-10-16-20)23(26)19-13-7-5-8-14-19/h5-18,28H,3-4H2,1-2H3. The molecule has 29 heavy (non-hydrogen) atoms. The molecule has 1 N–H and O–H groups in total. The summed E-state index contributed by atoms with van der Waals surface area (Å²) < 4.78 is 0. The fourth-order valence-corrected chi connectivity index (χ4v) is 5.53. The molecule has 0 saturated carbocycles. The Hall–Kier alpha value is -3.13. The number of allylic oxidation sites excluding steroid dienone is 1. The summed E-state index contributed by atoms with van der Waals surface area (Å²) in [4.78, 5) is 14.3.